The second kappa shape index (κ2) is 10.5. The summed E-state index contributed by atoms with van der Waals surface area (Å²) in [6, 6.07) is 2.19. The van der Waals surface area contributed by atoms with E-state index in [1.54, 1.807) is 0 Å². The van der Waals surface area contributed by atoms with Crippen molar-refractivity contribution in [2.24, 2.45) is 5.92 Å². The molecular weight excluding hydrogens is 510 g/mol. The van der Waals surface area contributed by atoms with Crippen LogP contribution in [-0.2, 0) is 0 Å². The van der Waals surface area contributed by atoms with Crippen molar-refractivity contribution >= 4 is 0 Å². The van der Waals surface area contributed by atoms with Crippen molar-refractivity contribution < 1.29 is 0 Å². The predicted molar refractivity (Wildman–Crippen MR) is 151 cm³/mol. The van der Waals surface area contributed by atoms with Crippen LogP contribution in [0.5, 0.6) is 0 Å². The van der Waals surface area contributed by atoms with E-state index in [0.29, 0.717) is 48.2 Å². The van der Waals surface area contributed by atoms with Gasteiger partial charge in [-0.2, -0.15) is 0 Å². The summed E-state index contributed by atoms with van der Waals surface area (Å²) in [4.78, 5) is 0. The topological polar surface area (TPSA) is 180 Å². The maximum atomic E-state index is 4.06. The highest BCUT2D eigenvalue weighted by atomic mass is 15.5. The van der Waals surface area contributed by atoms with Gasteiger partial charge in [-0.15, -0.1) is 0 Å². The molecule has 16 unspecified atom stereocenters. The van der Waals surface area contributed by atoms with Gasteiger partial charge in [0.05, 0.1) is 85.6 Å². The third-order valence-corrected chi connectivity index (χ3v) is 11.2. The van der Waals surface area contributed by atoms with Crippen LogP contribution >= 0.6 is 0 Å². The highest BCUT2D eigenvalue weighted by Crippen LogP contribution is 2.29. The average Bonchev–Trinajstić information content (AvgIpc) is 3.73. The van der Waals surface area contributed by atoms with E-state index in [4.69, 9.17) is 0 Å². The molecular formula is C25H49N15. The number of piperazine rings is 3. The van der Waals surface area contributed by atoms with Gasteiger partial charge >= 0.3 is 0 Å². The highest BCUT2D eigenvalue weighted by molar-refractivity contribution is 5.15. The van der Waals surface area contributed by atoms with E-state index in [1.807, 2.05) is 0 Å². The first-order valence-corrected chi connectivity index (χ1v) is 16.0. The summed E-state index contributed by atoms with van der Waals surface area (Å²) in [7, 11) is 0. The zero-order valence-electron chi connectivity index (χ0n) is 23.1. The van der Waals surface area contributed by atoms with E-state index in [2.05, 4.69) is 79.8 Å². The van der Waals surface area contributed by atoms with Gasteiger partial charge in [-0.1, -0.05) is 0 Å². The van der Waals surface area contributed by atoms with Crippen molar-refractivity contribution in [2.75, 3.05) is 45.8 Å². The Morgan fingerprint density at radius 3 is 0.900 bits per heavy atom. The Labute approximate surface area is 236 Å². The summed E-state index contributed by atoms with van der Waals surface area (Å²) in [6.07, 6.45) is 3.72. The molecule has 0 spiro atoms. The van der Waals surface area contributed by atoms with E-state index < -0.39 is 0 Å². The Kier molecular flexibility index (Phi) is 6.81. The lowest BCUT2D eigenvalue weighted by Crippen LogP contribution is -2.67. The van der Waals surface area contributed by atoms with Gasteiger partial charge in [-0.05, 0) is 19.4 Å². The van der Waals surface area contributed by atoms with Crippen molar-refractivity contribution in [2.45, 2.75) is 104 Å². The van der Waals surface area contributed by atoms with E-state index in [0.717, 1.165) is 45.8 Å². The SMILES string of the molecule is C1CNC2C3NC(NC4NC(NC5NC(NC6NC(N3)C3NCCNC63)C3NCCNC53)C3NCCNC43)C2C1. The third kappa shape index (κ3) is 4.30. The first-order valence-electron chi connectivity index (χ1n) is 16.0. The number of hydrogen-bond acceptors (Lipinski definition) is 15. The summed E-state index contributed by atoms with van der Waals surface area (Å²) in [5.41, 5.74) is 0. The Morgan fingerprint density at radius 2 is 0.550 bits per heavy atom. The van der Waals surface area contributed by atoms with Gasteiger partial charge in [0.25, 0.3) is 0 Å². The molecule has 9 fully saturated rings. The molecule has 9 aliphatic rings. The predicted octanol–water partition coefficient (Wildman–Crippen LogP) is -7.46. The van der Waals surface area contributed by atoms with Crippen molar-refractivity contribution in [1.29, 1.82) is 0 Å². The first kappa shape index (κ1) is 25.9. The molecule has 40 heavy (non-hydrogen) atoms. The van der Waals surface area contributed by atoms with Gasteiger partial charge in [-0.25, -0.2) is 0 Å². The zero-order valence-corrected chi connectivity index (χ0v) is 23.1. The van der Waals surface area contributed by atoms with E-state index in [9.17, 15) is 0 Å². The minimum absolute atomic E-state index is 0.130. The summed E-state index contributed by atoms with van der Waals surface area (Å²) in [5.74, 6) is 0.533. The van der Waals surface area contributed by atoms with Crippen LogP contribution in [0.2, 0.25) is 0 Å². The summed E-state index contributed by atoms with van der Waals surface area (Å²) in [5, 5.41) is 58.9. The fourth-order valence-electron chi connectivity index (χ4n) is 9.45. The summed E-state index contributed by atoms with van der Waals surface area (Å²) in [6.45, 7) is 7.01. The van der Waals surface area contributed by atoms with Crippen molar-refractivity contribution in [1.82, 2.24) is 79.8 Å². The van der Waals surface area contributed by atoms with E-state index in [-0.39, 0.29) is 49.3 Å². The Bertz CT molecular complexity index is 719. The van der Waals surface area contributed by atoms with Crippen LogP contribution in [0.4, 0.5) is 0 Å². The van der Waals surface area contributed by atoms with Gasteiger partial charge in [0.2, 0.25) is 0 Å². The van der Waals surface area contributed by atoms with Crippen LogP contribution in [0.25, 0.3) is 0 Å². The van der Waals surface area contributed by atoms with Gasteiger partial charge in [-0.3, -0.25) is 42.5 Å². The second-order valence-corrected chi connectivity index (χ2v) is 13.3. The minimum Gasteiger partial charge on any atom is -0.311 e. The van der Waals surface area contributed by atoms with Crippen LogP contribution in [0.15, 0.2) is 0 Å². The third-order valence-electron chi connectivity index (χ3n) is 11.2. The van der Waals surface area contributed by atoms with Crippen LogP contribution in [0, 0.1) is 5.92 Å². The molecule has 9 saturated heterocycles. The fraction of sp³-hybridized carbons (Fsp3) is 1.00. The Hall–Kier alpha value is -0.600. The minimum atomic E-state index is 0.130. The monoisotopic (exact) mass is 559 g/mol. The lowest BCUT2D eigenvalue weighted by Gasteiger charge is -2.37. The maximum absolute atomic E-state index is 4.06. The number of piperidine rings is 1. The quantitative estimate of drug-likeness (QED) is 0.134. The largest absolute Gasteiger partial charge is 0.311 e. The normalized spacial score (nSPS) is 57.6. The molecule has 0 saturated carbocycles. The van der Waals surface area contributed by atoms with Gasteiger partial charge in [0.1, 0.15) is 0 Å². The average molecular weight is 560 g/mol. The number of rotatable bonds is 0. The number of hydrogen-bond donors (Lipinski definition) is 15. The fourth-order valence-corrected chi connectivity index (χ4v) is 9.45. The first-order chi connectivity index (χ1) is 19.8. The molecule has 224 valence electrons. The summed E-state index contributed by atoms with van der Waals surface area (Å²) < 4.78 is 0. The molecule has 15 heteroatoms. The number of fused-ring (bicyclic) bond motifs is 20. The second-order valence-electron chi connectivity index (χ2n) is 13.3. The van der Waals surface area contributed by atoms with Crippen molar-refractivity contribution in [3.8, 4) is 0 Å². The molecule has 0 aliphatic carbocycles. The Morgan fingerprint density at radius 1 is 0.275 bits per heavy atom. The molecule has 15 nitrogen and oxygen atoms in total. The molecule has 0 radical (unpaired) electrons. The molecule has 8 bridgehead atoms. The van der Waals surface area contributed by atoms with Crippen LogP contribution < -0.4 is 79.8 Å². The molecule has 0 aromatic heterocycles. The van der Waals surface area contributed by atoms with Crippen LogP contribution in [0.1, 0.15) is 12.8 Å². The lowest BCUT2D eigenvalue weighted by atomic mass is 9.90. The molecule has 0 amide bonds. The van der Waals surface area contributed by atoms with Crippen LogP contribution in [0.3, 0.4) is 0 Å². The summed E-state index contributed by atoms with van der Waals surface area (Å²) >= 11 is 0. The molecule has 0 aromatic carbocycles. The molecule has 9 rings (SSSR count). The smallest absolute Gasteiger partial charge is 0.0771 e. The van der Waals surface area contributed by atoms with E-state index >= 15 is 0 Å². The Balaban J connectivity index is 1.05. The number of nitrogens with one attached hydrogen (secondary N) is 15. The maximum Gasteiger partial charge on any atom is 0.0771 e. The van der Waals surface area contributed by atoms with Gasteiger partial charge < -0.3 is 37.2 Å². The molecule has 9 aliphatic heterocycles. The molecule has 16 atom stereocenters. The molecule has 15 N–H and O–H groups in total. The van der Waals surface area contributed by atoms with Crippen LogP contribution in [-0.4, -0.2) is 137 Å². The van der Waals surface area contributed by atoms with Gasteiger partial charge in [0.15, 0.2) is 0 Å². The van der Waals surface area contributed by atoms with Crippen molar-refractivity contribution in [3.05, 3.63) is 0 Å². The highest BCUT2D eigenvalue weighted by Gasteiger charge is 2.54. The molecule has 9 heterocycles. The standard InChI is InChI=1S/C25H49N15/c1-2-10-11(26-3-1)19-33-18(10)34-20-12-13(28-5-4-27-12)22(36-20)38-24-16-17(32-9-8-31-16)25(40-24)39-23-15-14(21(35-19)37-23)29-6-7-30-15/h10-40H,1-9H2. The van der Waals surface area contributed by atoms with Crippen molar-refractivity contribution in [3.63, 3.8) is 0 Å². The van der Waals surface area contributed by atoms with E-state index in [1.165, 1.54) is 12.8 Å². The van der Waals surface area contributed by atoms with Gasteiger partial charge in [0, 0.05) is 51.2 Å². The molecule has 0 aromatic rings. The lowest BCUT2D eigenvalue weighted by molar-refractivity contribution is 0.224. The zero-order chi connectivity index (χ0) is 26.2.